The second-order valence-corrected chi connectivity index (χ2v) is 8.90. The van der Waals surface area contributed by atoms with Crippen LogP contribution in [0.25, 0.3) is 0 Å². The third-order valence-electron chi connectivity index (χ3n) is 6.98. The molecule has 0 radical (unpaired) electrons. The summed E-state index contributed by atoms with van der Waals surface area (Å²) in [7, 11) is 0. The first-order chi connectivity index (χ1) is 8.05. The summed E-state index contributed by atoms with van der Waals surface area (Å²) in [4.78, 5) is 0. The highest BCUT2D eigenvalue weighted by Crippen LogP contribution is 2.57. The van der Waals surface area contributed by atoms with Gasteiger partial charge in [0.25, 0.3) is 0 Å². The van der Waals surface area contributed by atoms with E-state index in [1.54, 1.807) is 0 Å². The summed E-state index contributed by atoms with van der Waals surface area (Å²) in [6.45, 7) is 17.2. The highest BCUT2D eigenvalue weighted by Gasteiger charge is 2.51. The molecule has 2 atom stereocenters. The summed E-state index contributed by atoms with van der Waals surface area (Å²) in [6, 6.07) is 1.62. The van der Waals surface area contributed by atoms with Crippen molar-refractivity contribution in [3.63, 3.8) is 0 Å². The lowest BCUT2D eigenvalue weighted by Gasteiger charge is -2.56. The van der Waals surface area contributed by atoms with E-state index in [4.69, 9.17) is 0 Å². The van der Waals surface area contributed by atoms with Crippen LogP contribution in [0.5, 0.6) is 0 Å². The first-order valence-corrected chi connectivity index (χ1v) is 7.82. The van der Waals surface area contributed by atoms with Gasteiger partial charge >= 0.3 is 0 Å². The fraction of sp³-hybridized carbons (Fsp3) is 1.00. The monoisotopic (exact) mass is 251 g/mol. The Balaban J connectivity index is 2.20. The predicted octanol–water partition coefficient (Wildman–Crippen LogP) is 4.62. The SMILES string of the molecule is CC(C)(C)C(C)(C)C(C)(C)C1CC2CCC(C1)N2. The van der Waals surface area contributed by atoms with Crippen molar-refractivity contribution >= 4 is 0 Å². The molecule has 2 unspecified atom stereocenters. The van der Waals surface area contributed by atoms with Crippen molar-refractivity contribution in [3.05, 3.63) is 0 Å². The van der Waals surface area contributed by atoms with E-state index < -0.39 is 0 Å². The Morgan fingerprint density at radius 3 is 1.61 bits per heavy atom. The Morgan fingerprint density at radius 2 is 1.22 bits per heavy atom. The maximum Gasteiger partial charge on any atom is 0.00730 e. The van der Waals surface area contributed by atoms with E-state index in [0.29, 0.717) is 16.2 Å². The van der Waals surface area contributed by atoms with Gasteiger partial charge in [-0.15, -0.1) is 0 Å². The van der Waals surface area contributed by atoms with Gasteiger partial charge in [0.2, 0.25) is 0 Å². The topological polar surface area (TPSA) is 12.0 Å². The predicted molar refractivity (Wildman–Crippen MR) is 79.7 cm³/mol. The standard InChI is InChI=1S/C17H33N/c1-15(2,3)17(6,7)16(4,5)12-10-13-8-9-14(11-12)18-13/h12-14,18H,8-11H2,1-7H3. The van der Waals surface area contributed by atoms with Crippen LogP contribution in [0.4, 0.5) is 0 Å². The molecule has 1 N–H and O–H groups in total. The first-order valence-electron chi connectivity index (χ1n) is 7.82. The van der Waals surface area contributed by atoms with Crippen LogP contribution >= 0.6 is 0 Å². The van der Waals surface area contributed by atoms with Gasteiger partial charge < -0.3 is 5.32 Å². The maximum atomic E-state index is 3.78. The molecule has 2 aliphatic heterocycles. The van der Waals surface area contributed by atoms with Crippen LogP contribution in [0.3, 0.4) is 0 Å². The zero-order valence-electron chi connectivity index (χ0n) is 13.6. The molecule has 0 aromatic heterocycles. The number of fused-ring (bicyclic) bond motifs is 2. The summed E-state index contributed by atoms with van der Waals surface area (Å²) < 4.78 is 0. The largest absolute Gasteiger partial charge is 0.311 e. The Hall–Kier alpha value is -0.0400. The average Bonchev–Trinajstić information content (AvgIpc) is 2.55. The summed E-state index contributed by atoms with van der Waals surface area (Å²) in [5, 5.41) is 3.78. The van der Waals surface area contributed by atoms with Crippen molar-refractivity contribution in [2.24, 2.45) is 22.2 Å². The minimum absolute atomic E-state index is 0.362. The Bertz CT molecular complexity index is 296. The molecule has 0 saturated carbocycles. The van der Waals surface area contributed by atoms with E-state index in [1.165, 1.54) is 25.7 Å². The molecule has 2 heterocycles. The molecular weight excluding hydrogens is 218 g/mol. The zero-order valence-corrected chi connectivity index (χ0v) is 13.6. The summed E-state index contributed by atoms with van der Waals surface area (Å²) in [5.74, 6) is 0.880. The van der Waals surface area contributed by atoms with Gasteiger partial charge in [-0.1, -0.05) is 48.5 Å². The van der Waals surface area contributed by atoms with E-state index in [9.17, 15) is 0 Å². The summed E-state index contributed by atoms with van der Waals surface area (Å²) >= 11 is 0. The van der Waals surface area contributed by atoms with Crippen molar-refractivity contribution in [1.82, 2.24) is 5.32 Å². The van der Waals surface area contributed by atoms with E-state index in [-0.39, 0.29) is 0 Å². The van der Waals surface area contributed by atoms with Gasteiger partial charge in [-0.05, 0) is 47.8 Å². The Labute approximate surface area is 114 Å². The number of rotatable bonds is 2. The zero-order chi connectivity index (χ0) is 13.8. The second-order valence-electron chi connectivity index (χ2n) is 8.90. The van der Waals surface area contributed by atoms with E-state index >= 15 is 0 Å². The molecule has 1 heteroatoms. The van der Waals surface area contributed by atoms with Gasteiger partial charge in [-0.2, -0.15) is 0 Å². The van der Waals surface area contributed by atoms with Gasteiger partial charge in [0.05, 0.1) is 0 Å². The van der Waals surface area contributed by atoms with Gasteiger partial charge in [0.1, 0.15) is 0 Å². The number of piperidine rings is 1. The van der Waals surface area contributed by atoms with Crippen LogP contribution in [0.1, 0.15) is 74.1 Å². The normalized spacial score (nSPS) is 33.8. The van der Waals surface area contributed by atoms with Gasteiger partial charge in [0, 0.05) is 12.1 Å². The van der Waals surface area contributed by atoms with Crippen LogP contribution in [0, 0.1) is 22.2 Å². The van der Waals surface area contributed by atoms with Crippen molar-refractivity contribution < 1.29 is 0 Å². The van der Waals surface area contributed by atoms with Gasteiger partial charge in [0.15, 0.2) is 0 Å². The van der Waals surface area contributed by atoms with E-state index in [2.05, 4.69) is 53.8 Å². The molecule has 106 valence electrons. The molecule has 2 saturated heterocycles. The quantitative estimate of drug-likeness (QED) is 0.755. The first kappa shape index (κ1) is 14.4. The molecule has 1 nitrogen and oxygen atoms in total. The average molecular weight is 251 g/mol. The van der Waals surface area contributed by atoms with Crippen molar-refractivity contribution in [2.45, 2.75) is 86.2 Å². The van der Waals surface area contributed by atoms with E-state index in [0.717, 1.165) is 18.0 Å². The fourth-order valence-corrected chi connectivity index (χ4v) is 4.12. The summed E-state index contributed by atoms with van der Waals surface area (Å²) in [6.07, 6.45) is 5.60. The minimum Gasteiger partial charge on any atom is -0.311 e. The number of hydrogen-bond acceptors (Lipinski definition) is 1. The third-order valence-corrected chi connectivity index (χ3v) is 6.98. The van der Waals surface area contributed by atoms with Crippen LogP contribution in [-0.2, 0) is 0 Å². The molecule has 0 aliphatic carbocycles. The van der Waals surface area contributed by atoms with Crippen LogP contribution in [0.15, 0.2) is 0 Å². The molecule has 2 aliphatic rings. The van der Waals surface area contributed by atoms with Crippen molar-refractivity contribution in [3.8, 4) is 0 Å². The van der Waals surface area contributed by atoms with Gasteiger partial charge in [-0.25, -0.2) is 0 Å². The lowest BCUT2D eigenvalue weighted by molar-refractivity contribution is -0.0620. The molecule has 2 rings (SSSR count). The molecular formula is C17H33N. The van der Waals surface area contributed by atoms with Gasteiger partial charge in [-0.3, -0.25) is 0 Å². The molecule has 0 aromatic rings. The highest BCUT2D eigenvalue weighted by molar-refractivity contribution is 5.03. The number of nitrogens with one attached hydrogen (secondary N) is 1. The fourth-order valence-electron chi connectivity index (χ4n) is 4.12. The van der Waals surface area contributed by atoms with Crippen LogP contribution < -0.4 is 5.32 Å². The van der Waals surface area contributed by atoms with E-state index in [1.807, 2.05) is 0 Å². The summed E-state index contributed by atoms with van der Waals surface area (Å²) in [5.41, 5.74) is 1.13. The molecule has 0 amide bonds. The van der Waals surface area contributed by atoms with Crippen LogP contribution in [0.2, 0.25) is 0 Å². The second kappa shape index (κ2) is 4.23. The Morgan fingerprint density at radius 1 is 0.778 bits per heavy atom. The third kappa shape index (κ3) is 2.13. The smallest absolute Gasteiger partial charge is 0.00730 e. The Kier molecular flexibility index (Phi) is 3.38. The molecule has 0 aromatic carbocycles. The molecule has 0 spiro atoms. The molecule has 2 bridgehead atoms. The highest BCUT2D eigenvalue weighted by atomic mass is 15.0. The lowest BCUT2D eigenvalue weighted by atomic mass is 9.50. The van der Waals surface area contributed by atoms with Crippen molar-refractivity contribution in [1.29, 1.82) is 0 Å². The maximum absolute atomic E-state index is 3.78. The van der Waals surface area contributed by atoms with Crippen LogP contribution in [-0.4, -0.2) is 12.1 Å². The minimum atomic E-state index is 0.362. The number of hydrogen-bond donors (Lipinski definition) is 1. The molecule has 18 heavy (non-hydrogen) atoms. The molecule has 2 fully saturated rings. The van der Waals surface area contributed by atoms with Crippen molar-refractivity contribution in [2.75, 3.05) is 0 Å². The lowest BCUT2D eigenvalue weighted by Crippen LogP contribution is -2.51.